The van der Waals surface area contributed by atoms with Gasteiger partial charge in [-0.25, -0.2) is 0 Å². The lowest BCUT2D eigenvalue weighted by Gasteiger charge is -2.42. The van der Waals surface area contributed by atoms with E-state index in [0.717, 1.165) is 12.8 Å². The molecule has 5 heteroatoms. The number of amides is 1. The van der Waals surface area contributed by atoms with Crippen LogP contribution in [0.1, 0.15) is 26.2 Å². The number of ether oxygens (including phenoxy) is 1. The summed E-state index contributed by atoms with van der Waals surface area (Å²) in [5, 5.41) is 8.61. The molecular formula is C11H17NO4. The lowest BCUT2D eigenvalue weighted by molar-refractivity contribution is -0.159. The summed E-state index contributed by atoms with van der Waals surface area (Å²) in [4.78, 5) is 24.2. The number of rotatable bonds is 3. The van der Waals surface area contributed by atoms with Crippen molar-refractivity contribution in [3.63, 3.8) is 0 Å². The standard InChI is InChI=1S/C11H17NO4/c1-11(3-2-4-16-11)10(15)12-6-8(7-12)5-9(13)14/h8H,2-7H2,1H3,(H,13,14). The summed E-state index contributed by atoms with van der Waals surface area (Å²) in [6.07, 6.45) is 1.85. The Morgan fingerprint density at radius 3 is 2.69 bits per heavy atom. The zero-order valence-corrected chi connectivity index (χ0v) is 9.44. The van der Waals surface area contributed by atoms with Crippen LogP contribution in [0.4, 0.5) is 0 Å². The van der Waals surface area contributed by atoms with Crippen LogP contribution in [0.15, 0.2) is 0 Å². The minimum Gasteiger partial charge on any atom is -0.481 e. The normalized spacial score (nSPS) is 30.2. The Balaban J connectivity index is 1.83. The molecule has 1 unspecified atom stereocenters. The first kappa shape index (κ1) is 11.4. The smallest absolute Gasteiger partial charge is 0.303 e. The Morgan fingerprint density at radius 2 is 2.19 bits per heavy atom. The highest BCUT2D eigenvalue weighted by Gasteiger charge is 2.44. The largest absolute Gasteiger partial charge is 0.481 e. The monoisotopic (exact) mass is 227 g/mol. The van der Waals surface area contributed by atoms with Crippen LogP contribution in [0.3, 0.4) is 0 Å². The van der Waals surface area contributed by atoms with Crippen LogP contribution in [0, 0.1) is 5.92 Å². The predicted octanol–water partition coefficient (Wildman–Crippen LogP) is 0.489. The van der Waals surface area contributed by atoms with Crippen LogP contribution in [0.5, 0.6) is 0 Å². The molecule has 1 atom stereocenters. The topological polar surface area (TPSA) is 66.8 Å². The fraction of sp³-hybridized carbons (Fsp3) is 0.818. The second kappa shape index (κ2) is 4.05. The van der Waals surface area contributed by atoms with Gasteiger partial charge in [0.05, 0.1) is 6.42 Å². The lowest BCUT2D eigenvalue weighted by atomic mass is 9.92. The molecule has 0 aromatic heterocycles. The summed E-state index contributed by atoms with van der Waals surface area (Å²) in [5.41, 5.74) is -0.659. The van der Waals surface area contributed by atoms with Crippen molar-refractivity contribution in [2.75, 3.05) is 19.7 Å². The Hall–Kier alpha value is -1.10. The highest BCUT2D eigenvalue weighted by molar-refractivity contribution is 5.86. The van der Waals surface area contributed by atoms with E-state index in [1.807, 2.05) is 6.92 Å². The quantitative estimate of drug-likeness (QED) is 0.762. The number of carbonyl (C=O) groups is 2. The molecule has 2 rings (SSSR count). The molecular weight excluding hydrogens is 210 g/mol. The van der Waals surface area contributed by atoms with Gasteiger partial charge in [-0.3, -0.25) is 9.59 Å². The average molecular weight is 227 g/mol. The summed E-state index contributed by atoms with van der Waals surface area (Å²) in [5.74, 6) is -0.654. The molecule has 2 aliphatic rings. The van der Waals surface area contributed by atoms with Crippen molar-refractivity contribution in [3.8, 4) is 0 Å². The van der Waals surface area contributed by atoms with Gasteiger partial charge in [0.15, 0.2) is 0 Å². The molecule has 0 aromatic rings. The van der Waals surface area contributed by atoms with Crippen LogP contribution in [-0.4, -0.2) is 47.2 Å². The number of carboxylic acid groups (broad SMARTS) is 1. The summed E-state index contributed by atoms with van der Waals surface area (Å²) < 4.78 is 5.47. The molecule has 0 spiro atoms. The molecule has 5 nitrogen and oxygen atoms in total. The average Bonchev–Trinajstić information content (AvgIpc) is 2.58. The van der Waals surface area contributed by atoms with Crippen molar-refractivity contribution in [1.29, 1.82) is 0 Å². The van der Waals surface area contributed by atoms with Crippen molar-refractivity contribution < 1.29 is 19.4 Å². The highest BCUT2D eigenvalue weighted by atomic mass is 16.5. The molecule has 0 radical (unpaired) electrons. The third-order valence-corrected chi connectivity index (χ3v) is 3.38. The summed E-state index contributed by atoms with van der Waals surface area (Å²) in [7, 11) is 0. The van der Waals surface area contributed by atoms with E-state index < -0.39 is 11.6 Å². The second-order valence-corrected chi connectivity index (χ2v) is 4.86. The minimum atomic E-state index is -0.791. The van der Waals surface area contributed by atoms with Crippen molar-refractivity contribution >= 4 is 11.9 Å². The van der Waals surface area contributed by atoms with Gasteiger partial charge in [-0.1, -0.05) is 0 Å². The van der Waals surface area contributed by atoms with Gasteiger partial charge in [-0.15, -0.1) is 0 Å². The molecule has 0 bridgehead atoms. The van der Waals surface area contributed by atoms with Crippen LogP contribution in [0.2, 0.25) is 0 Å². The Morgan fingerprint density at radius 1 is 1.50 bits per heavy atom. The lowest BCUT2D eigenvalue weighted by Crippen LogP contribution is -2.57. The van der Waals surface area contributed by atoms with Gasteiger partial charge in [0.1, 0.15) is 5.60 Å². The first-order valence-electron chi connectivity index (χ1n) is 5.66. The van der Waals surface area contributed by atoms with E-state index in [1.54, 1.807) is 4.90 Å². The maximum atomic E-state index is 12.0. The van der Waals surface area contributed by atoms with E-state index >= 15 is 0 Å². The van der Waals surface area contributed by atoms with E-state index in [2.05, 4.69) is 0 Å². The van der Waals surface area contributed by atoms with Crippen molar-refractivity contribution in [3.05, 3.63) is 0 Å². The molecule has 2 heterocycles. The van der Waals surface area contributed by atoms with Gasteiger partial charge >= 0.3 is 5.97 Å². The maximum Gasteiger partial charge on any atom is 0.303 e. The molecule has 0 saturated carbocycles. The number of likely N-dealkylation sites (tertiary alicyclic amines) is 1. The molecule has 1 N–H and O–H groups in total. The van der Waals surface area contributed by atoms with E-state index in [9.17, 15) is 9.59 Å². The Bertz CT molecular complexity index is 303. The summed E-state index contributed by atoms with van der Waals surface area (Å²) in [6, 6.07) is 0. The minimum absolute atomic E-state index is 0.0200. The highest BCUT2D eigenvalue weighted by Crippen LogP contribution is 2.30. The van der Waals surface area contributed by atoms with Gasteiger partial charge in [0, 0.05) is 25.6 Å². The molecule has 1 amide bonds. The van der Waals surface area contributed by atoms with E-state index in [0.29, 0.717) is 19.7 Å². The predicted molar refractivity (Wildman–Crippen MR) is 55.9 cm³/mol. The van der Waals surface area contributed by atoms with Crippen molar-refractivity contribution in [2.24, 2.45) is 5.92 Å². The number of carbonyl (C=O) groups excluding carboxylic acids is 1. The maximum absolute atomic E-state index is 12.0. The van der Waals surface area contributed by atoms with Gasteiger partial charge in [0.25, 0.3) is 5.91 Å². The van der Waals surface area contributed by atoms with Crippen molar-refractivity contribution in [2.45, 2.75) is 31.8 Å². The first-order valence-corrected chi connectivity index (χ1v) is 5.66. The molecule has 0 aliphatic carbocycles. The molecule has 0 aromatic carbocycles. The van der Waals surface area contributed by atoms with Crippen LogP contribution in [-0.2, 0) is 14.3 Å². The molecule has 16 heavy (non-hydrogen) atoms. The summed E-state index contributed by atoms with van der Waals surface area (Å²) >= 11 is 0. The Labute approximate surface area is 94.4 Å². The van der Waals surface area contributed by atoms with Crippen molar-refractivity contribution in [1.82, 2.24) is 4.90 Å². The third-order valence-electron chi connectivity index (χ3n) is 3.38. The molecule has 2 fully saturated rings. The molecule has 90 valence electrons. The van der Waals surface area contributed by atoms with Gasteiger partial charge in [0.2, 0.25) is 0 Å². The SMILES string of the molecule is CC1(C(=O)N2CC(CC(=O)O)C2)CCCO1. The Kier molecular flexibility index (Phi) is 2.88. The van der Waals surface area contributed by atoms with E-state index in [4.69, 9.17) is 9.84 Å². The zero-order chi connectivity index (χ0) is 11.8. The third kappa shape index (κ3) is 2.04. The number of nitrogens with zero attached hydrogens (tertiary/aromatic N) is 1. The van der Waals surface area contributed by atoms with Gasteiger partial charge in [-0.05, 0) is 19.8 Å². The number of carboxylic acids is 1. The van der Waals surface area contributed by atoms with Crippen LogP contribution >= 0.6 is 0 Å². The fourth-order valence-electron chi connectivity index (χ4n) is 2.39. The fourth-order valence-corrected chi connectivity index (χ4v) is 2.39. The second-order valence-electron chi connectivity index (χ2n) is 4.86. The zero-order valence-electron chi connectivity index (χ0n) is 9.44. The van der Waals surface area contributed by atoms with Gasteiger partial charge < -0.3 is 14.7 Å². The van der Waals surface area contributed by atoms with E-state index in [-0.39, 0.29) is 18.2 Å². The van der Waals surface area contributed by atoms with E-state index in [1.165, 1.54) is 0 Å². The molecule has 2 saturated heterocycles. The first-order chi connectivity index (χ1) is 7.51. The number of hydrogen-bond acceptors (Lipinski definition) is 3. The molecule has 2 aliphatic heterocycles. The number of aliphatic carboxylic acids is 1. The number of hydrogen-bond donors (Lipinski definition) is 1. The van der Waals surface area contributed by atoms with Crippen LogP contribution in [0.25, 0.3) is 0 Å². The van der Waals surface area contributed by atoms with Crippen LogP contribution < -0.4 is 0 Å². The summed E-state index contributed by atoms with van der Waals surface area (Å²) in [6.45, 7) is 3.59. The van der Waals surface area contributed by atoms with Gasteiger partial charge in [-0.2, -0.15) is 0 Å².